The second-order valence-electron chi connectivity index (χ2n) is 2.67. The molecule has 0 heterocycles. The smallest absolute Gasteiger partial charge is 0.0970 e. The lowest BCUT2D eigenvalue weighted by atomic mass is 9.92. The molecule has 0 N–H and O–H groups in total. The molecule has 0 saturated carbocycles. The van der Waals surface area contributed by atoms with Gasteiger partial charge in [-0.25, -0.2) is 0 Å². The summed E-state index contributed by atoms with van der Waals surface area (Å²) in [6, 6.07) is 0. The lowest BCUT2D eigenvalue weighted by Gasteiger charge is -2.02. The van der Waals surface area contributed by atoms with E-state index < -0.39 is 0 Å². The summed E-state index contributed by atoms with van der Waals surface area (Å²) in [6.45, 7) is 2.19. The van der Waals surface area contributed by atoms with Crippen LogP contribution in [0.2, 0.25) is 0 Å². The lowest BCUT2D eigenvalue weighted by Crippen LogP contribution is -1.88. The minimum absolute atomic E-state index is 0.639. The van der Waals surface area contributed by atoms with Crippen LogP contribution in [0.25, 0.3) is 0 Å². The lowest BCUT2D eigenvalue weighted by molar-refractivity contribution is 0.743. The third-order valence-electron chi connectivity index (χ3n) is 1.55. The summed E-state index contributed by atoms with van der Waals surface area (Å²) in [5.74, 6) is 0.639. The fraction of sp³-hybridized carbons (Fsp3) is 0.333. The first-order valence-corrected chi connectivity index (χ1v) is 3.59. The average molecular weight is 130 g/mol. The molecule has 1 atom stereocenters. The van der Waals surface area contributed by atoms with Crippen LogP contribution in [-0.2, 0) is 0 Å². The maximum Gasteiger partial charge on any atom is 0.113 e. The van der Waals surface area contributed by atoms with Crippen LogP contribution in [0.15, 0.2) is 35.9 Å². The van der Waals surface area contributed by atoms with Crippen molar-refractivity contribution in [1.29, 1.82) is 0 Å². The van der Waals surface area contributed by atoms with Gasteiger partial charge in [-0.05, 0) is 12.3 Å². The van der Waals surface area contributed by atoms with Crippen LogP contribution in [0, 0.1) is 5.92 Å². The summed E-state index contributed by atoms with van der Waals surface area (Å²) in [6.07, 6.45) is 11.3. The van der Waals surface area contributed by atoms with E-state index in [1.807, 2.05) is 18.2 Å². The van der Waals surface area contributed by atoms with Gasteiger partial charge in [0.15, 0.2) is 0 Å². The van der Waals surface area contributed by atoms with Gasteiger partial charge in [-0.3, -0.25) is 0 Å². The number of rotatable bonds is 0. The molecule has 10 heavy (non-hydrogen) atoms. The molecule has 1 heteroatoms. The number of hydrogen-bond donors (Lipinski definition) is 0. The van der Waals surface area contributed by atoms with Gasteiger partial charge in [-0.1, -0.05) is 42.8 Å². The molecule has 0 aromatic carbocycles. The molecule has 0 aromatic heterocycles. The quantitative estimate of drug-likeness (QED) is 0.441. The average Bonchev–Trinajstić information content (AvgIpc) is 1.84. The third kappa shape index (κ3) is 2.26. The molecule has 1 rings (SSSR count). The predicted molar refractivity (Wildman–Crippen MR) is 45.9 cm³/mol. The van der Waals surface area contributed by atoms with Crippen molar-refractivity contribution in [2.24, 2.45) is 5.92 Å². The van der Waals surface area contributed by atoms with Crippen molar-refractivity contribution < 1.29 is 0 Å². The molecule has 50 valence electrons. The van der Waals surface area contributed by atoms with E-state index in [0.717, 1.165) is 11.9 Å². The van der Waals surface area contributed by atoms with Gasteiger partial charge < -0.3 is 0 Å². The minimum atomic E-state index is 0.639. The highest BCUT2D eigenvalue weighted by Crippen LogP contribution is 2.08. The predicted octanol–water partition coefficient (Wildman–Crippen LogP) is 2.19. The number of hydrogen-bond acceptors (Lipinski definition) is 0. The van der Waals surface area contributed by atoms with Crippen molar-refractivity contribution in [2.45, 2.75) is 13.3 Å². The summed E-state index contributed by atoms with van der Waals surface area (Å²) in [5, 5.41) is 0. The van der Waals surface area contributed by atoms with Gasteiger partial charge in [-0.2, -0.15) is 0 Å². The molecule has 0 bridgehead atoms. The zero-order valence-corrected chi connectivity index (χ0v) is 6.25. The van der Waals surface area contributed by atoms with Crippen LogP contribution >= 0.6 is 0 Å². The topological polar surface area (TPSA) is 0 Å². The maximum atomic E-state index is 5.57. The van der Waals surface area contributed by atoms with Gasteiger partial charge in [0, 0.05) is 0 Å². The molecule has 0 fully saturated rings. The van der Waals surface area contributed by atoms with Crippen LogP contribution in [0.5, 0.6) is 0 Å². The Labute approximate surface area is 63.7 Å². The molecule has 0 spiro atoms. The zero-order chi connectivity index (χ0) is 7.40. The van der Waals surface area contributed by atoms with E-state index in [0.29, 0.717) is 5.92 Å². The van der Waals surface area contributed by atoms with E-state index in [4.69, 9.17) is 7.85 Å². The molecule has 2 radical (unpaired) electrons. The van der Waals surface area contributed by atoms with Gasteiger partial charge in [0.2, 0.25) is 0 Å². The number of allylic oxidation sites excluding steroid dienone is 6. The van der Waals surface area contributed by atoms with Crippen LogP contribution in [-0.4, -0.2) is 7.85 Å². The standard InChI is InChI=1S/C9H11B/c1-8-4-2-6-9(10)7-3-5-8/h2-4,6-8H,5H2,1H3. The van der Waals surface area contributed by atoms with E-state index in [1.165, 1.54) is 0 Å². The van der Waals surface area contributed by atoms with Gasteiger partial charge in [-0.15, -0.1) is 0 Å². The summed E-state index contributed by atoms with van der Waals surface area (Å²) in [4.78, 5) is 0. The Bertz CT molecular complexity index is 187. The Morgan fingerprint density at radius 2 is 2.40 bits per heavy atom. The van der Waals surface area contributed by atoms with Crippen molar-refractivity contribution in [3.63, 3.8) is 0 Å². The van der Waals surface area contributed by atoms with Gasteiger partial charge in [0.05, 0.1) is 0 Å². The SMILES string of the molecule is [B]C1=CC=CC(C)CC=C1. The first-order valence-electron chi connectivity index (χ1n) is 3.59. The fourth-order valence-electron chi connectivity index (χ4n) is 0.909. The second kappa shape index (κ2) is 3.45. The van der Waals surface area contributed by atoms with E-state index in [-0.39, 0.29) is 0 Å². The van der Waals surface area contributed by atoms with Crippen LogP contribution in [0.4, 0.5) is 0 Å². The molecule has 0 nitrogen and oxygen atoms in total. The second-order valence-corrected chi connectivity index (χ2v) is 2.67. The van der Waals surface area contributed by atoms with Gasteiger partial charge in [0.1, 0.15) is 7.85 Å². The molecule has 1 unspecified atom stereocenters. The van der Waals surface area contributed by atoms with Crippen LogP contribution in [0.1, 0.15) is 13.3 Å². The normalized spacial score (nSPS) is 25.3. The fourth-order valence-corrected chi connectivity index (χ4v) is 0.909. The van der Waals surface area contributed by atoms with E-state index >= 15 is 0 Å². The van der Waals surface area contributed by atoms with Crippen molar-refractivity contribution >= 4 is 7.85 Å². The first kappa shape index (κ1) is 7.39. The largest absolute Gasteiger partial charge is 0.113 e. The summed E-state index contributed by atoms with van der Waals surface area (Å²) < 4.78 is 0. The molecule has 0 aromatic rings. The molecular formula is C9H11B. The zero-order valence-electron chi connectivity index (χ0n) is 6.25. The highest BCUT2D eigenvalue weighted by molar-refractivity contribution is 6.23. The minimum Gasteiger partial charge on any atom is -0.0970 e. The Morgan fingerprint density at radius 1 is 1.60 bits per heavy atom. The summed E-state index contributed by atoms with van der Waals surface area (Å²) >= 11 is 0. The van der Waals surface area contributed by atoms with E-state index in [2.05, 4.69) is 19.1 Å². The Hall–Kier alpha value is -0.715. The molecule has 1 aliphatic rings. The highest BCUT2D eigenvalue weighted by Gasteiger charge is 1.93. The van der Waals surface area contributed by atoms with Gasteiger partial charge >= 0.3 is 0 Å². The first-order chi connectivity index (χ1) is 4.79. The maximum absolute atomic E-state index is 5.57. The molecule has 0 amide bonds. The molecular weight excluding hydrogens is 119 g/mol. The van der Waals surface area contributed by atoms with Crippen molar-refractivity contribution in [1.82, 2.24) is 0 Å². The van der Waals surface area contributed by atoms with Crippen LogP contribution < -0.4 is 0 Å². The van der Waals surface area contributed by atoms with Crippen molar-refractivity contribution in [3.05, 3.63) is 35.9 Å². The van der Waals surface area contributed by atoms with Crippen molar-refractivity contribution in [2.75, 3.05) is 0 Å². The van der Waals surface area contributed by atoms with Crippen molar-refractivity contribution in [3.8, 4) is 0 Å². The van der Waals surface area contributed by atoms with Crippen LogP contribution in [0.3, 0.4) is 0 Å². The van der Waals surface area contributed by atoms with E-state index in [1.54, 1.807) is 0 Å². The molecule has 0 aliphatic heterocycles. The van der Waals surface area contributed by atoms with Gasteiger partial charge in [0.25, 0.3) is 0 Å². The summed E-state index contributed by atoms with van der Waals surface area (Å²) in [7, 11) is 5.57. The highest BCUT2D eigenvalue weighted by atomic mass is 14.0. The van der Waals surface area contributed by atoms with E-state index in [9.17, 15) is 0 Å². The molecule has 0 saturated heterocycles. The monoisotopic (exact) mass is 130 g/mol. The third-order valence-corrected chi connectivity index (χ3v) is 1.55. The Morgan fingerprint density at radius 3 is 3.20 bits per heavy atom. The Balaban J connectivity index is 2.70. The summed E-state index contributed by atoms with van der Waals surface area (Å²) in [5.41, 5.74) is 0.836. The molecule has 1 aliphatic carbocycles. The Kier molecular flexibility index (Phi) is 2.55.